The Morgan fingerprint density at radius 2 is 2.05 bits per heavy atom. The molecule has 0 spiro atoms. The maximum absolute atomic E-state index is 12.1. The summed E-state index contributed by atoms with van der Waals surface area (Å²) in [7, 11) is -2.14. The van der Waals surface area contributed by atoms with Crippen molar-refractivity contribution in [3.8, 4) is 0 Å². The highest BCUT2D eigenvalue weighted by molar-refractivity contribution is 7.92. The smallest absolute Gasteiger partial charge is 0.340 e. The average Bonchev–Trinajstić information content (AvgIpc) is 2.67. The van der Waals surface area contributed by atoms with Crippen molar-refractivity contribution in [3.05, 3.63) is 11.3 Å². The molecule has 0 amide bonds. The van der Waals surface area contributed by atoms with Crippen LogP contribution >= 0.6 is 11.5 Å². The van der Waals surface area contributed by atoms with Crippen LogP contribution in [0.25, 0.3) is 0 Å². The summed E-state index contributed by atoms with van der Waals surface area (Å²) in [6.45, 7) is 5.43. The fraction of sp³-hybridized carbons (Fsp3) is 0.636. The third-order valence-corrected chi connectivity index (χ3v) is 5.62. The van der Waals surface area contributed by atoms with E-state index < -0.39 is 16.0 Å². The largest absolute Gasteiger partial charge is 0.478 e. The number of carboxylic acid groups (broad SMARTS) is 1. The fourth-order valence-electron chi connectivity index (χ4n) is 1.47. The van der Waals surface area contributed by atoms with Crippen LogP contribution in [0.2, 0.25) is 0 Å². The topological polar surface area (TPSA) is 87.6 Å². The normalized spacial score (nSPS) is 11.8. The lowest BCUT2D eigenvalue weighted by Gasteiger charge is -2.18. The van der Waals surface area contributed by atoms with Crippen LogP contribution in [-0.2, 0) is 10.0 Å². The van der Waals surface area contributed by atoms with Crippen molar-refractivity contribution in [1.82, 2.24) is 4.37 Å². The highest BCUT2D eigenvalue weighted by atomic mass is 32.2. The average molecular weight is 306 g/mol. The number of aromatic carboxylic acids is 1. The summed E-state index contributed by atoms with van der Waals surface area (Å²) in [5.41, 5.74) is 0.291. The maximum Gasteiger partial charge on any atom is 0.340 e. The molecule has 8 heteroatoms. The number of hydrogen-bond donors (Lipinski definition) is 1. The van der Waals surface area contributed by atoms with Gasteiger partial charge in [0.2, 0.25) is 10.0 Å². The second-order valence-electron chi connectivity index (χ2n) is 4.72. The Labute approximate surface area is 117 Å². The summed E-state index contributed by atoms with van der Waals surface area (Å²) >= 11 is 0.890. The van der Waals surface area contributed by atoms with E-state index in [2.05, 4.69) is 4.37 Å². The molecule has 0 bridgehead atoms. The van der Waals surface area contributed by atoms with Gasteiger partial charge >= 0.3 is 5.97 Å². The first kappa shape index (κ1) is 15.9. The summed E-state index contributed by atoms with van der Waals surface area (Å²) in [5, 5.41) is 9.27. The molecule has 0 radical (unpaired) electrons. The molecule has 6 nitrogen and oxygen atoms in total. The zero-order valence-corrected chi connectivity index (χ0v) is 13.0. The monoisotopic (exact) mass is 306 g/mol. The summed E-state index contributed by atoms with van der Waals surface area (Å²) in [6, 6.07) is 0. The number of aromatic nitrogens is 1. The van der Waals surface area contributed by atoms with Crippen molar-refractivity contribution in [2.45, 2.75) is 27.2 Å². The van der Waals surface area contributed by atoms with E-state index in [0.29, 0.717) is 12.1 Å². The molecule has 1 aromatic heterocycles. The molecule has 0 atom stereocenters. The van der Waals surface area contributed by atoms with Gasteiger partial charge in [0.05, 0.1) is 11.4 Å². The molecule has 0 aliphatic rings. The fourth-order valence-corrected chi connectivity index (χ4v) is 4.05. The molecule has 0 unspecified atom stereocenters. The Hall–Kier alpha value is -1.15. The van der Waals surface area contributed by atoms with E-state index >= 15 is 0 Å². The van der Waals surface area contributed by atoms with Crippen molar-refractivity contribution in [3.63, 3.8) is 0 Å². The standard InChI is InChI=1S/C11H18N2O4S2/c1-7(2)5-6-19(16,17)13(4)10-9(11(14)15)8(3)12-18-10/h7H,5-6H2,1-4H3,(H,14,15). The molecule has 0 aliphatic carbocycles. The lowest BCUT2D eigenvalue weighted by Crippen LogP contribution is -2.30. The van der Waals surface area contributed by atoms with Gasteiger partial charge in [0.25, 0.3) is 0 Å². The summed E-state index contributed by atoms with van der Waals surface area (Å²) in [4.78, 5) is 11.1. The van der Waals surface area contributed by atoms with Crippen LogP contribution < -0.4 is 4.31 Å². The van der Waals surface area contributed by atoms with Crippen molar-refractivity contribution in [2.24, 2.45) is 5.92 Å². The van der Waals surface area contributed by atoms with E-state index in [-0.39, 0.29) is 22.2 Å². The molecular formula is C11H18N2O4S2. The SMILES string of the molecule is Cc1nsc(N(C)S(=O)(=O)CCC(C)C)c1C(=O)O. The van der Waals surface area contributed by atoms with E-state index in [0.717, 1.165) is 15.8 Å². The lowest BCUT2D eigenvalue weighted by molar-refractivity contribution is 0.0697. The zero-order chi connectivity index (χ0) is 14.8. The van der Waals surface area contributed by atoms with Gasteiger partial charge in [-0.25, -0.2) is 13.2 Å². The van der Waals surface area contributed by atoms with Crippen LogP contribution in [0.1, 0.15) is 36.3 Å². The van der Waals surface area contributed by atoms with Gasteiger partial charge in [-0.2, -0.15) is 4.37 Å². The molecule has 1 rings (SSSR count). The second-order valence-corrected chi connectivity index (χ2v) is 7.59. The first-order chi connectivity index (χ1) is 8.66. The summed E-state index contributed by atoms with van der Waals surface area (Å²) in [6.07, 6.45) is 0.535. The van der Waals surface area contributed by atoms with Crippen molar-refractivity contribution < 1.29 is 18.3 Å². The third kappa shape index (κ3) is 3.66. The number of carboxylic acids is 1. The van der Waals surface area contributed by atoms with E-state index in [4.69, 9.17) is 5.11 Å². The van der Waals surface area contributed by atoms with Gasteiger partial charge in [-0.15, -0.1) is 0 Å². The van der Waals surface area contributed by atoms with Crippen molar-refractivity contribution in [1.29, 1.82) is 0 Å². The predicted molar refractivity (Wildman–Crippen MR) is 75.5 cm³/mol. The minimum atomic E-state index is -3.51. The Morgan fingerprint density at radius 1 is 1.47 bits per heavy atom. The first-order valence-corrected chi connectivity index (χ1v) is 8.21. The van der Waals surface area contributed by atoms with E-state index in [9.17, 15) is 13.2 Å². The predicted octanol–water partition coefficient (Wildman–Crippen LogP) is 1.96. The molecule has 19 heavy (non-hydrogen) atoms. The molecule has 0 saturated heterocycles. The van der Waals surface area contributed by atoms with E-state index in [1.165, 1.54) is 7.05 Å². The van der Waals surface area contributed by atoms with Gasteiger partial charge < -0.3 is 5.11 Å². The van der Waals surface area contributed by atoms with E-state index in [1.54, 1.807) is 6.92 Å². The van der Waals surface area contributed by atoms with Gasteiger partial charge in [0.1, 0.15) is 10.6 Å². The van der Waals surface area contributed by atoms with Gasteiger partial charge in [0.15, 0.2) is 0 Å². The maximum atomic E-state index is 12.1. The lowest BCUT2D eigenvalue weighted by atomic mass is 10.2. The number of carbonyl (C=O) groups is 1. The third-order valence-electron chi connectivity index (χ3n) is 2.71. The number of nitrogens with zero attached hydrogens (tertiary/aromatic N) is 2. The number of anilines is 1. The summed E-state index contributed by atoms with van der Waals surface area (Å²) in [5.74, 6) is -0.894. The molecule has 0 fully saturated rings. The Bertz CT molecular complexity index is 563. The van der Waals surface area contributed by atoms with Crippen LogP contribution in [0, 0.1) is 12.8 Å². The minimum Gasteiger partial charge on any atom is -0.478 e. The summed E-state index contributed by atoms with van der Waals surface area (Å²) < 4.78 is 29.2. The number of sulfonamides is 1. The van der Waals surface area contributed by atoms with Crippen LogP contribution in [0.5, 0.6) is 0 Å². The van der Waals surface area contributed by atoms with Crippen molar-refractivity contribution in [2.75, 3.05) is 17.1 Å². The zero-order valence-electron chi connectivity index (χ0n) is 11.4. The first-order valence-electron chi connectivity index (χ1n) is 5.83. The molecule has 1 aromatic rings. The Balaban J connectivity index is 3.07. The van der Waals surface area contributed by atoms with Gasteiger partial charge in [-0.3, -0.25) is 4.31 Å². The molecule has 1 N–H and O–H groups in total. The van der Waals surface area contributed by atoms with Gasteiger partial charge in [-0.05, 0) is 30.8 Å². The quantitative estimate of drug-likeness (QED) is 0.868. The Morgan fingerprint density at radius 3 is 2.53 bits per heavy atom. The highest BCUT2D eigenvalue weighted by Gasteiger charge is 2.27. The van der Waals surface area contributed by atoms with Gasteiger partial charge in [0, 0.05) is 7.05 Å². The van der Waals surface area contributed by atoms with E-state index in [1.807, 2.05) is 13.8 Å². The number of hydrogen-bond acceptors (Lipinski definition) is 5. The molecule has 0 aliphatic heterocycles. The molecule has 0 saturated carbocycles. The Kier molecular flexibility index (Phi) is 4.92. The number of rotatable bonds is 6. The number of aryl methyl sites for hydroxylation is 1. The van der Waals surface area contributed by atoms with Crippen LogP contribution in [0.4, 0.5) is 5.00 Å². The molecule has 108 valence electrons. The van der Waals surface area contributed by atoms with Gasteiger partial charge in [-0.1, -0.05) is 13.8 Å². The minimum absolute atomic E-state index is 0.00280. The molecular weight excluding hydrogens is 288 g/mol. The highest BCUT2D eigenvalue weighted by Crippen LogP contribution is 2.30. The second kappa shape index (κ2) is 5.87. The van der Waals surface area contributed by atoms with Crippen molar-refractivity contribution >= 4 is 32.5 Å². The molecule has 1 heterocycles. The van der Waals surface area contributed by atoms with Crippen LogP contribution in [0.15, 0.2) is 0 Å². The van der Waals surface area contributed by atoms with Crippen LogP contribution in [0.3, 0.4) is 0 Å². The molecule has 0 aromatic carbocycles. The van der Waals surface area contributed by atoms with Crippen LogP contribution in [-0.4, -0.2) is 36.7 Å².